The van der Waals surface area contributed by atoms with E-state index in [0.29, 0.717) is 11.1 Å². The molecule has 5 nitrogen and oxygen atoms in total. The zero-order valence-electron chi connectivity index (χ0n) is 9.31. The molecule has 0 bridgehead atoms. The molecule has 1 heterocycles. The Kier molecular flexibility index (Phi) is 3.32. The van der Waals surface area contributed by atoms with Gasteiger partial charge in [-0.15, -0.1) is 0 Å². The molecule has 1 aromatic rings. The zero-order valence-corrected chi connectivity index (χ0v) is 10.1. The van der Waals surface area contributed by atoms with Gasteiger partial charge in [-0.3, -0.25) is 0 Å². The number of aromatic nitrogens is 1. The maximum absolute atomic E-state index is 11.7. The first kappa shape index (κ1) is 12.6. The summed E-state index contributed by atoms with van der Waals surface area (Å²) in [5, 5.41) is 8.68. The summed E-state index contributed by atoms with van der Waals surface area (Å²) >= 11 is 0. The molecule has 0 saturated heterocycles. The van der Waals surface area contributed by atoms with E-state index in [9.17, 15) is 13.2 Å². The number of nitrogens with zero attached hydrogens (tertiary/aromatic N) is 1. The monoisotopic (exact) mass is 243 g/mol. The topological polar surface area (TPSA) is 84.3 Å². The predicted molar refractivity (Wildman–Crippen MR) is 58.4 cm³/mol. The van der Waals surface area contributed by atoms with Crippen LogP contribution in [-0.4, -0.2) is 30.2 Å². The van der Waals surface area contributed by atoms with E-state index in [0.717, 1.165) is 0 Å². The number of carbonyl (C=O) groups is 1. The number of pyridine rings is 1. The minimum atomic E-state index is -3.61. The van der Waals surface area contributed by atoms with Crippen LogP contribution in [0.1, 0.15) is 28.4 Å². The SMILES string of the molecule is CCS(=O)(=O)c1ncc(C)c(C)c1C(=O)O. The van der Waals surface area contributed by atoms with Gasteiger partial charge in [0.2, 0.25) is 0 Å². The fourth-order valence-corrected chi connectivity index (χ4v) is 2.34. The van der Waals surface area contributed by atoms with Crippen molar-refractivity contribution in [2.24, 2.45) is 0 Å². The molecule has 1 N–H and O–H groups in total. The van der Waals surface area contributed by atoms with Crippen molar-refractivity contribution in [1.29, 1.82) is 0 Å². The smallest absolute Gasteiger partial charge is 0.338 e. The van der Waals surface area contributed by atoms with E-state index in [1.54, 1.807) is 13.8 Å². The number of carboxylic acid groups (broad SMARTS) is 1. The van der Waals surface area contributed by atoms with Gasteiger partial charge in [0.1, 0.15) is 0 Å². The molecule has 0 spiro atoms. The lowest BCUT2D eigenvalue weighted by Crippen LogP contribution is -2.15. The second kappa shape index (κ2) is 4.21. The maximum atomic E-state index is 11.7. The minimum Gasteiger partial charge on any atom is -0.478 e. The summed E-state index contributed by atoms with van der Waals surface area (Å²) in [6.45, 7) is 4.73. The van der Waals surface area contributed by atoms with Gasteiger partial charge >= 0.3 is 5.97 Å². The summed E-state index contributed by atoms with van der Waals surface area (Å²) in [6, 6.07) is 0. The lowest BCUT2D eigenvalue weighted by molar-refractivity contribution is 0.0690. The van der Waals surface area contributed by atoms with E-state index >= 15 is 0 Å². The number of rotatable bonds is 3. The van der Waals surface area contributed by atoms with E-state index in [2.05, 4.69) is 4.98 Å². The van der Waals surface area contributed by atoms with Gasteiger partial charge in [0.15, 0.2) is 14.9 Å². The first-order valence-corrected chi connectivity index (χ1v) is 6.38. The molecule has 0 aliphatic carbocycles. The highest BCUT2D eigenvalue weighted by molar-refractivity contribution is 7.91. The highest BCUT2D eigenvalue weighted by atomic mass is 32.2. The summed E-state index contributed by atoms with van der Waals surface area (Å²) in [6.07, 6.45) is 1.38. The molecule has 1 aromatic heterocycles. The number of hydrogen-bond donors (Lipinski definition) is 1. The largest absolute Gasteiger partial charge is 0.478 e. The third-order valence-electron chi connectivity index (χ3n) is 2.44. The number of aromatic carboxylic acids is 1. The molecule has 0 atom stereocenters. The lowest BCUT2D eigenvalue weighted by Gasteiger charge is -2.09. The Morgan fingerprint density at radius 1 is 1.44 bits per heavy atom. The van der Waals surface area contributed by atoms with Crippen molar-refractivity contribution in [2.75, 3.05) is 5.75 Å². The summed E-state index contributed by atoms with van der Waals surface area (Å²) in [5.41, 5.74) is 0.879. The van der Waals surface area contributed by atoms with Crippen LogP contribution in [0.5, 0.6) is 0 Å². The zero-order chi connectivity index (χ0) is 12.5. The highest BCUT2D eigenvalue weighted by Gasteiger charge is 2.25. The standard InChI is InChI=1S/C10H13NO4S/c1-4-16(14,15)9-8(10(12)13)7(3)6(2)5-11-9/h5H,4H2,1-3H3,(H,12,13). The molecule has 16 heavy (non-hydrogen) atoms. The van der Waals surface area contributed by atoms with E-state index in [4.69, 9.17) is 5.11 Å². The van der Waals surface area contributed by atoms with Crippen molar-refractivity contribution in [3.05, 3.63) is 22.9 Å². The Bertz CT molecular complexity index is 534. The normalized spacial score (nSPS) is 11.4. The van der Waals surface area contributed by atoms with Crippen LogP contribution in [0.2, 0.25) is 0 Å². The molecule has 0 unspecified atom stereocenters. The van der Waals surface area contributed by atoms with Crippen LogP contribution in [0, 0.1) is 13.8 Å². The van der Waals surface area contributed by atoms with Gasteiger partial charge in [-0.05, 0) is 25.0 Å². The van der Waals surface area contributed by atoms with E-state index in [1.807, 2.05) is 0 Å². The van der Waals surface area contributed by atoms with Gasteiger partial charge in [-0.25, -0.2) is 18.2 Å². The Morgan fingerprint density at radius 3 is 2.44 bits per heavy atom. The van der Waals surface area contributed by atoms with E-state index in [1.165, 1.54) is 13.1 Å². The first-order chi connectivity index (χ1) is 7.31. The van der Waals surface area contributed by atoms with Crippen molar-refractivity contribution in [3.8, 4) is 0 Å². The molecular formula is C10H13NO4S. The fourth-order valence-electron chi connectivity index (χ4n) is 1.30. The molecule has 0 fully saturated rings. The average molecular weight is 243 g/mol. The van der Waals surface area contributed by atoms with Gasteiger partial charge in [0, 0.05) is 6.20 Å². The van der Waals surface area contributed by atoms with Gasteiger partial charge < -0.3 is 5.11 Å². The number of hydrogen-bond acceptors (Lipinski definition) is 4. The van der Waals surface area contributed by atoms with Crippen molar-refractivity contribution >= 4 is 15.8 Å². The number of carboxylic acids is 1. The van der Waals surface area contributed by atoms with Crippen molar-refractivity contribution in [3.63, 3.8) is 0 Å². The van der Waals surface area contributed by atoms with Crippen molar-refractivity contribution in [1.82, 2.24) is 4.98 Å². The summed E-state index contributed by atoms with van der Waals surface area (Å²) in [4.78, 5) is 14.8. The van der Waals surface area contributed by atoms with Crippen molar-refractivity contribution < 1.29 is 18.3 Å². The second-order valence-electron chi connectivity index (χ2n) is 3.45. The Hall–Kier alpha value is -1.43. The highest BCUT2D eigenvalue weighted by Crippen LogP contribution is 2.20. The molecule has 0 aromatic carbocycles. The van der Waals surface area contributed by atoms with Crippen molar-refractivity contribution in [2.45, 2.75) is 25.8 Å². The molecule has 1 rings (SSSR count). The molecule has 6 heteroatoms. The van der Waals surface area contributed by atoms with Crippen LogP contribution in [-0.2, 0) is 9.84 Å². The molecule has 0 saturated carbocycles. The Balaban J connectivity index is 3.66. The van der Waals surface area contributed by atoms with Crippen LogP contribution in [0.15, 0.2) is 11.2 Å². The number of aryl methyl sites for hydroxylation is 1. The third kappa shape index (κ3) is 2.06. The van der Waals surface area contributed by atoms with Crippen LogP contribution < -0.4 is 0 Å². The van der Waals surface area contributed by atoms with Gasteiger partial charge in [-0.2, -0.15) is 0 Å². The summed E-state index contributed by atoms with van der Waals surface area (Å²) in [7, 11) is -3.61. The summed E-state index contributed by atoms with van der Waals surface area (Å²) in [5.74, 6) is -1.43. The van der Waals surface area contributed by atoms with Crippen LogP contribution in [0.25, 0.3) is 0 Å². The van der Waals surface area contributed by atoms with E-state index < -0.39 is 15.8 Å². The van der Waals surface area contributed by atoms with Crippen LogP contribution in [0.3, 0.4) is 0 Å². The predicted octanol–water partition coefficient (Wildman–Crippen LogP) is 1.19. The first-order valence-electron chi connectivity index (χ1n) is 4.73. The summed E-state index contributed by atoms with van der Waals surface area (Å²) < 4.78 is 23.3. The Morgan fingerprint density at radius 2 is 2.00 bits per heavy atom. The maximum Gasteiger partial charge on any atom is 0.338 e. The molecule has 0 amide bonds. The van der Waals surface area contributed by atoms with Gasteiger partial charge in [0.05, 0.1) is 11.3 Å². The third-order valence-corrected chi connectivity index (χ3v) is 4.10. The second-order valence-corrected chi connectivity index (χ2v) is 5.65. The quantitative estimate of drug-likeness (QED) is 0.862. The fraction of sp³-hybridized carbons (Fsp3) is 0.400. The van der Waals surface area contributed by atoms with E-state index in [-0.39, 0.29) is 16.3 Å². The molecule has 88 valence electrons. The molecule has 0 aliphatic rings. The van der Waals surface area contributed by atoms with Gasteiger partial charge in [-0.1, -0.05) is 6.92 Å². The average Bonchev–Trinajstić information content (AvgIpc) is 2.21. The van der Waals surface area contributed by atoms with Gasteiger partial charge in [0.25, 0.3) is 0 Å². The number of sulfone groups is 1. The molecule has 0 radical (unpaired) electrons. The lowest BCUT2D eigenvalue weighted by atomic mass is 10.1. The minimum absolute atomic E-state index is 0.164. The molecule has 0 aliphatic heterocycles. The van der Waals surface area contributed by atoms with Crippen LogP contribution in [0.4, 0.5) is 0 Å². The van der Waals surface area contributed by atoms with Crippen LogP contribution >= 0.6 is 0 Å². The Labute approximate surface area is 94.1 Å². The molecular weight excluding hydrogens is 230 g/mol.